The van der Waals surface area contributed by atoms with Crippen molar-refractivity contribution in [2.45, 2.75) is 57.6 Å². The summed E-state index contributed by atoms with van der Waals surface area (Å²) in [6.45, 7) is 2.39. The van der Waals surface area contributed by atoms with Gasteiger partial charge in [0.2, 0.25) is 0 Å². The first kappa shape index (κ1) is 12.9. The third-order valence-corrected chi connectivity index (χ3v) is 4.10. The summed E-state index contributed by atoms with van der Waals surface area (Å²) in [7, 11) is 1.78. The summed E-state index contributed by atoms with van der Waals surface area (Å²) in [6, 6.07) is 0.224. The Morgan fingerprint density at radius 2 is 2.07 bits per heavy atom. The molecule has 0 amide bonds. The molecule has 90 valence electrons. The SMILES string of the molecule is CCC(N)C1(CCO)CCC(OC)CC1. The van der Waals surface area contributed by atoms with E-state index in [9.17, 15) is 0 Å². The maximum absolute atomic E-state index is 9.16. The quantitative estimate of drug-likeness (QED) is 0.733. The van der Waals surface area contributed by atoms with Crippen molar-refractivity contribution >= 4 is 0 Å². The normalized spacial score (nSPS) is 34.0. The number of ether oxygens (including phenoxy) is 1. The lowest BCUT2D eigenvalue weighted by molar-refractivity contribution is 0.00484. The Hall–Kier alpha value is -0.120. The van der Waals surface area contributed by atoms with E-state index in [2.05, 4.69) is 6.92 Å². The van der Waals surface area contributed by atoms with Crippen LogP contribution in [0.25, 0.3) is 0 Å². The molecule has 15 heavy (non-hydrogen) atoms. The van der Waals surface area contributed by atoms with Gasteiger partial charge in [0.15, 0.2) is 0 Å². The highest BCUT2D eigenvalue weighted by atomic mass is 16.5. The van der Waals surface area contributed by atoms with E-state index in [1.807, 2.05) is 0 Å². The van der Waals surface area contributed by atoms with E-state index in [4.69, 9.17) is 15.6 Å². The van der Waals surface area contributed by atoms with Crippen LogP contribution in [0.15, 0.2) is 0 Å². The molecule has 1 fully saturated rings. The zero-order valence-corrected chi connectivity index (χ0v) is 10.0. The molecular formula is C12H25NO2. The second-order valence-electron chi connectivity index (χ2n) is 4.79. The fraction of sp³-hybridized carbons (Fsp3) is 1.00. The number of methoxy groups -OCH3 is 1. The first-order chi connectivity index (χ1) is 7.18. The van der Waals surface area contributed by atoms with Gasteiger partial charge in [0, 0.05) is 19.8 Å². The van der Waals surface area contributed by atoms with Gasteiger partial charge in [-0.25, -0.2) is 0 Å². The predicted octanol–water partition coefficient (Wildman–Crippen LogP) is 1.68. The van der Waals surface area contributed by atoms with Crippen LogP contribution in [0.3, 0.4) is 0 Å². The van der Waals surface area contributed by atoms with E-state index in [-0.39, 0.29) is 18.1 Å². The minimum absolute atomic E-state index is 0.165. The molecule has 1 aliphatic carbocycles. The molecule has 3 N–H and O–H groups in total. The summed E-state index contributed by atoms with van der Waals surface area (Å²) in [6.07, 6.45) is 6.62. The summed E-state index contributed by atoms with van der Waals surface area (Å²) < 4.78 is 5.37. The predicted molar refractivity (Wildman–Crippen MR) is 61.7 cm³/mol. The largest absolute Gasteiger partial charge is 0.396 e. The summed E-state index contributed by atoms with van der Waals surface area (Å²) >= 11 is 0. The molecule has 0 aromatic rings. The zero-order valence-electron chi connectivity index (χ0n) is 10.0. The minimum atomic E-state index is 0.165. The van der Waals surface area contributed by atoms with Gasteiger partial charge >= 0.3 is 0 Å². The number of aliphatic hydroxyl groups is 1. The van der Waals surface area contributed by atoms with Crippen LogP contribution >= 0.6 is 0 Å². The molecule has 0 aromatic heterocycles. The van der Waals surface area contributed by atoms with Crippen LogP contribution in [0.1, 0.15) is 45.4 Å². The van der Waals surface area contributed by atoms with Crippen LogP contribution in [-0.2, 0) is 4.74 Å². The van der Waals surface area contributed by atoms with E-state index in [0.717, 1.165) is 38.5 Å². The van der Waals surface area contributed by atoms with Crippen molar-refractivity contribution < 1.29 is 9.84 Å². The van der Waals surface area contributed by atoms with E-state index >= 15 is 0 Å². The molecule has 1 atom stereocenters. The first-order valence-electron chi connectivity index (χ1n) is 6.07. The Morgan fingerprint density at radius 3 is 2.47 bits per heavy atom. The van der Waals surface area contributed by atoms with Crippen molar-refractivity contribution in [1.82, 2.24) is 0 Å². The summed E-state index contributed by atoms with van der Waals surface area (Å²) in [5, 5.41) is 9.16. The lowest BCUT2D eigenvalue weighted by Crippen LogP contribution is -2.45. The topological polar surface area (TPSA) is 55.5 Å². The van der Waals surface area contributed by atoms with Gasteiger partial charge in [-0.3, -0.25) is 0 Å². The molecule has 1 rings (SSSR count). The molecule has 3 nitrogen and oxygen atoms in total. The third kappa shape index (κ3) is 2.92. The zero-order chi connectivity index (χ0) is 11.3. The van der Waals surface area contributed by atoms with Gasteiger partial charge in [0.1, 0.15) is 0 Å². The van der Waals surface area contributed by atoms with Crippen molar-refractivity contribution in [3.05, 3.63) is 0 Å². The Labute approximate surface area is 93.0 Å². The lowest BCUT2D eigenvalue weighted by atomic mass is 9.66. The second kappa shape index (κ2) is 5.83. The average molecular weight is 215 g/mol. The fourth-order valence-electron chi connectivity index (χ4n) is 2.86. The molecule has 1 unspecified atom stereocenters. The molecule has 0 radical (unpaired) electrons. The van der Waals surface area contributed by atoms with Crippen molar-refractivity contribution in [2.75, 3.05) is 13.7 Å². The Morgan fingerprint density at radius 1 is 1.47 bits per heavy atom. The molecule has 0 bridgehead atoms. The Bertz CT molecular complexity index is 176. The van der Waals surface area contributed by atoms with E-state index in [1.165, 1.54) is 0 Å². The molecule has 0 spiro atoms. The monoisotopic (exact) mass is 215 g/mol. The lowest BCUT2D eigenvalue weighted by Gasteiger charge is -2.43. The number of rotatable bonds is 5. The number of nitrogens with two attached hydrogens (primary N) is 1. The van der Waals surface area contributed by atoms with Crippen LogP contribution in [0.4, 0.5) is 0 Å². The molecule has 0 aliphatic heterocycles. The van der Waals surface area contributed by atoms with Gasteiger partial charge in [0.25, 0.3) is 0 Å². The summed E-state index contributed by atoms with van der Waals surface area (Å²) in [4.78, 5) is 0. The minimum Gasteiger partial charge on any atom is -0.396 e. The van der Waals surface area contributed by atoms with Gasteiger partial charge < -0.3 is 15.6 Å². The highest BCUT2D eigenvalue weighted by molar-refractivity contribution is 4.92. The Kier molecular flexibility index (Phi) is 5.03. The van der Waals surface area contributed by atoms with Crippen molar-refractivity contribution in [2.24, 2.45) is 11.1 Å². The van der Waals surface area contributed by atoms with Crippen molar-refractivity contribution in [3.8, 4) is 0 Å². The number of aliphatic hydroxyl groups excluding tert-OH is 1. The van der Waals surface area contributed by atoms with Crippen LogP contribution < -0.4 is 5.73 Å². The van der Waals surface area contributed by atoms with Gasteiger partial charge in [-0.2, -0.15) is 0 Å². The maximum Gasteiger partial charge on any atom is 0.0571 e. The van der Waals surface area contributed by atoms with Gasteiger partial charge in [0.05, 0.1) is 6.10 Å². The number of hydrogen-bond acceptors (Lipinski definition) is 3. The van der Waals surface area contributed by atoms with Crippen molar-refractivity contribution in [1.29, 1.82) is 0 Å². The van der Waals surface area contributed by atoms with Crippen LogP contribution in [-0.4, -0.2) is 31.0 Å². The van der Waals surface area contributed by atoms with E-state index in [0.29, 0.717) is 6.10 Å². The Balaban J connectivity index is 2.60. The standard InChI is InChI=1S/C12H25NO2/c1-3-11(13)12(8-9-14)6-4-10(15-2)5-7-12/h10-11,14H,3-9,13H2,1-2H3. The van der Waals surface area contributed by atoms with Crippen molar-refractivity contribution in [3.63, 3.8) is 0 Å². The highest BCUT2D eigenvalue weighted by Crippen LogP contribution is 2.42. The maximum atomic E-state index is 9.16. The molecule has 0 aromatic carbocycles. The first-order valence-corrected chi connectivity index (χ1v) is 6.07. The molecule has 0 heterocycles. The van der Waals surface area contributed by atoms with Crippen LogP contribution in [0.5, 0.6) is 0 Å². The fourth-order valence-corrected chi connectivity index (χ4v) is 2.86. The van der Waals surface area contributed by atoms with Gasteiger partial charge in [-0.1, -0.05) is 6.92 Å². The van der Waals surface area contributed by atoms with E-state index in [1.54, 1.807) is 7.11 Å². The van der Waals surface area contributed by atoms with Gasteiger partial charge in [-0.05, 0) is 43.9 Å². The average Bonchev–Trinajstić information content (AvgIpc) is 2.29. The van der Waals surface area contributed by atoms with Crippen LogP contribution in [0, 0.1) is 5.41 Å². The summed E-state index contributed by atoms with van der Waals surface area (Å²) in [5.41, 5.74) is 6.37. The van der Waals surface area contributed by atoms with Gasteiger partial charge in [-0.15, -0.1) is 0 Å². The molecule has 0 saturated heterocycles. The molecular weight excluding hydrogens is 190 g/mol. The number of hydrogen-bond donors (Lipinski definition) is 2. The second-order valence-corrected chi connectivity index (χ2v) is 4.79. The van der Waals surface area contributed by atoms with Crippen LogP contribution in [0.2, 0.25) is 0 Å². The molecule has 1 aliphatic rings. The molecule has 1 saturated carbocycles. The highest BCUT2D eigenvalue weighted by Gasteiger charge is 2.38. The van der Waals surface area contributed by atoms with E-state index < -0.39 is 0 Å². The summed E-state index contributed by atoms with van der Waals surface area (Å²) in [5.74, 6) is 0. The molecule has 3 heteroatoms. The smallest absolute Gasteiger partial charge is 0.0571 e. The third-order valence-electron chi connectivity index (χ3n) is 4.10.